The molecule has 0 amide bonds. The molecule has 1 nitrogen and oxygen atoms in total. The van der Waals surface area contributed by atoms with Gasteiger partial charge in [-0.2, -0.15) is 0 Å². The lowest BCUT2D eigenvalue weighted by molar-refractivity contribution is -0.0406. The van der Waals surface area contributed by atoms with E-state index in [-0.39, 0.29) is 5.82 Å². The quantitative estimate of drug-likeness (QED) is 0.873. The second kappa shape index (κ2) is 5.07. The lowest BCUT2D eigenvalue weighted by atomic mass is 9.73. The van der Waals surface area contributed by atoms with E-state index in [2.05, 4.69) is 22.9 Å². The highest BCUT2D eigenvalue weighted by atomic mass is 79.9. The Morgan fingerprint density at radius 3 is 2.88 bits per heavy atom. The van der Waals surface area contributed by atoms with Crippen molar-refractivity contribution in [3.63, 3.8) is 0 Å². The van der Waals surface area contributed by atoms with E-state index in [1.165, 1.54) is 18.6 Å². The van der Waals surface area contributed by atoms with Crippen molar-refractivity contribution in [1.82, 2.24) is 0 Å². The molecule has 2 unspecified atom stereocenters. The molecule has 1 saturated carbocycles. The summed E-state index contributed by atoms with van der Waals surface area (Å²) in [7, 11) is 0. The molecule has 3 heteroatoms. The highest BCUT2D eigenvalue weighted by Gasteiger charge is 2.36. The van der Waals surface area contributed by atoms with Gasteiger partial charge in [-0.1, -0.05) is 41.8 Å². The molecule has 2 rings (SSSR count). The predicted octanol–water partition coefficient (Wildman–Crippen LogP) is 4.07. The summed E-state index contributed by atoms with van der Waals surface area (Å²) >= 11 is 3.37. The molecular formula is C14H18BrFO. The Balaban J connectivity index is 2.19. The molecule has 0 aliphatic heterocycles. The van der Waals surface area contributed by atoms with Gasteiger partial charge in [0.15, 0.2) is 0 Å². The van der Waals surface area contributed by atoms with Gasteiger partial charge in [0, 0.05) is 10.9 Å². The van der Waals surface area contributed by atoms with Crippen molar-refractivity contribution in [3.05, 3.63) is 34.1 Å². The van der Waals surface area contributed by atoms with Crippen molar-refractivity contribution in [3.8, 4) is 0 Å². The van der Waals surface area contributed by atoms with Gasteiger partial charge in [0.1, 0.15) is 5.82 Å². The van der Waals surface area contributed by atoms with Gasteiger partial charge in [-0.25, -0.2) is 4.39 Å². The van der Waals surface area contributed by atoms with Crippen molar-refractivity contribution < 1.29 is 9.50 Å². The number of hydrogen-bond donors (Lipinski definition) is 1. The summed E-state index contributed by atoms with van der Waals surface area (Å²) in [5, 5.41) is 10.7. The minimum Gasteiger partial charge on any atom is -0.389 e. The Morgan fingerprint density at radius 1 is 1.47 bits per heavy atom. The third-order valence-electron chi connectivity index (χ3n) is 3.93. The maximum Gasteiger partial charge on any atom is 0.124 e. The Labute approximate surface area is 110 Å². The molecule has 0 saturated heterocycles. The van der Waals surface area contributed by atoms with Gasteiger partial charge in [0.2, 0.25) is 0 Å². The maximum absolute atomic E-state index is 13.0. The summed E-state index contributed by atoms with van der Waals surface area (Å²) in [6.07, 6.45) is 4.82. The maximum atomic E-state index is 13.0. The van der Waals surface area contributed by atoms with Gasteiger partial charge in [-0.05, 0) is 36.5 Å². The Kier molecular flexibility index (Phi) is 3.88. The highest BCUT2D eigenvalue weighted by molar-refractivity contribution is 9.10. The molecule has 1 fully saturated rings. The fourth-order valence-electron chi connectivity index (χ4n) is 2.65. The molecule has 0 bridgehead atoms. The fourth-order valence-corrected chi connectivity index (χ4v) is 3.15. The number of halogens is 2. The van der Waals surface area contributed by atoms with Crippen LogP contribution in [0.2, 0.25) is 0 Å². The first-order chi connectivity index (χ1) is 8.01. The Bertz CT molecular complexity index is 407. The Hall–Kier alpha value is -0.410. The van der Waals surface area contributed by atoms with Gasteiger partial charge < -0.3 is 5.11 Å². The number of aliphatic hydroxyl groups is 1. The topological polar surface area (TPSA) is 20.2 Å². The third-order valence-corrected chi connectivity index (χ3v) is 4.66. The molecule has 1 aromatic carbocycles. The molecule has 2 atom stereocenters. The van der Waals surface area contributed by atoms with Gasteiger partial charge in [0.25, 0.3) is 0 Å². The minimum absolute atomic E-state index is 0.246. The smallest absolute Gasteiger partial charge is 0.124 e. The van der Waals surface area contributed by atoms with Crippen LogP contribution >= 0.6 is 15.9 Å². The van der Waals surface area contributed by atoms with Crippen LogP contribution in [0.3, 0.4) is 0 Å². The molecule has 94 valence electrons. The van der Waals surface area contributed by atoms with E-state index in [1.807, 2.05) is 0 Å². The van der Waals surface area contributed by atoms with Crippen LogP contribution in [0, 0.1) is 11.7 Å². The van der Waals surface area contributed by atoms with E-state index < -0.39 is 5.60 Å². The van der Waals surface area contributed by atoms with Crippen LogP contribution < -0.4 is 0 Å². The number of hydrogen-bond acceptors (Lipinski definition) is 1. The van der Waals surface area contributed by atoms with E-state index >= 15 is 0 Å². The fraction of sp³-hybridized carbons (Fsp3) is 0.571. The third kappa shape index (κ3) is 2.89. The Morgan fingerprint density at radius 2 is 2.24 bits per heavy atom. The standard InChI is InChI=1S/C14H18BrFO/c1-10-4-2-3-7-14(10,17)9-11-5-6-12(16)8-13(11)15/h5-6,8,10,17H,2-4,7,9H2,1H3. The van der Waals surface area contributed by atoms with Crippen LogP contribution in [-0.4, -0.2) is 10.7 Å². The molecule has 17 heavy (non-hydrogen) atoms. The van der Waals surface area contributed by atoms with Crippen LogP contribution in [0.4, 0.5) is 4.39 Å². The largest absolute Gasteiger partial charge is 0.389 e. The second-order valence-electron chi connectivity index (χ2n) is 5.16. The average Bonchev–Trinajstić information content (AvgIpc) is 2.27. The van der Waals surface area contributed by atoms with E-state index in [1.54, 1.807) is 6.07 Å². The first-order valence-electron chi connectivity index (χ1n) is 6.17. The highest BCUT2D eigenvalue weighted by Crippen LogP contribution is 2.37. The first-order valence-corrected chi connectivity index (χ1v) is 6.97. The SMILES string of the molecule is CC1CCCCC1(O)Cc1ccc(F)cc1Br. The second-order valence-corrected chi connectivity index (χ2v) is 6.02. The first kappa shape index (κ1) is 13.0. The van der Waals surface area contributed by atoms with Crippen LogP contribution in [0.5, 0.6) is 0 Å². The van der Waals surface area contributed by atoms with Crippen LogP contribution in [-0.2, 0) is 6.42 Å². The molecule has 0 radical (unpaired) electrons. The van der Waals surface area contributed by atoms with Gasteiger partial charge in [0.05, 0.1) is 5.60 Å². The van der Waals surface area contributed by atoms with Gasteiger partial charge in [-0.15, -0.1) is 0 Å². The summed E-state index contributed by atoms with van der Waals surface area (Å²) in [5.41, 5.74) is 0.362. The molecular weight excluding hydrogens is 283 g/mol. The summed E-state index contributed by atoms with van der Waals surface area (Å²) in [4.78, 5) is 0. The zero-order valence-electron chi connectivity index (χ0n) is 10.0. The van der Waals surface area contributed by atoms with Crippen LogP contribution in [0.15, 0.2) is 22.7 Å². The predicted molar refractivity (Wildman–Crippen MR) is 70.4 cm³/mol. The number of rotatable bonds is 2. The minimum atomic E-state index is -0.626. The lowest BCUT2D eigenvalue weighted by Crippen LogP contribution is -2.41. The van der Waals surface area contributed by atoms with E-state index in [0.29, 0.717) is 12.3 Å². The van der Waals surface area contributed by atoms with Crippen molar-refractivity contribution in [2.75, 3.05) is 0 Å². The van der Waals surface area contributed by atoms with Crippen molar-refractivity contribution >= 4 is 15.9 Å². The zero-order valence-corrected chi connectivity index (χ0v) is 11.6. The number of benzene rings is 1. The normalized spacial score (nSPS) is 29.3. The molecule has 1 aliphatic rings. The van der Waals surface area contributed by atoms with E-state index in [0.717, 1.165) is 29.3 Å². The average molecular weight is 301 g/mol. The van der Waals surface area contributed by atoms with Gasteiger partial charge >= 0.3 is 0 Å². The zero-order chi connectivity index (χ0) is 12.5. The monoisotopic (exact) mass is 300 g/mol. The van der Waals surface area contributed by atoms with E-state index in [4.69, 9.17) is 0 Å². The summed E-state index contributed by atoms with van der Waals surface area (Å²) < 4.78 is 13.8. The molecule has 1 aliphatic carbocycles. The molecule has 0 heterocycles. The lowest BCUT2D eigenvalue weighted by Gasteiger charge is -2.38. The van der Waals surface area contributed by atoms with Crippen molar-refractivity contribution in [1.29, 1.82) is 0 Å². The molecule has 0 spiro atoms. The van der Waals surface area contributed by atoms with E-state index in [9.17, 15) is 9.50 Å². The van der Waals surface area contributed by atoms with Crippen molar-refractivity contribution in [2.45, 2.75) is 44.6 Å². The molecule has 1 N–H and O–H groups in total. The van der Waals surface area contributed by atoms with Crippen LogP contribution in [0.1, 0.15) is 38.2 Å². The molecule has 0 aromatic heterocycles. The summed E-state index contributed by atoms with van der Waals surface area (Å²) in [6, 6.07) is 4.68. The molecule has 1 aromatic rings. The summed E-state index contributed by atoms with van der Waals surface area (Å²) in [5.74, 6) is 0.0671. The summed E-state index contributed by atoms with van der Waals surface area (Å²) in [6.45, 7) is 2.11. The van der Waals surface area contributed by atoms with Crippen molar-refractivity contribution in [2.24, 2.45) is 5.92 Å². The van der Waals surface area contributed by atoms with Crippen LogP contribution in [0.25, 0.3) is 0 Å². The van der Waals surface area contributed by atoms with Gasteiger partial charge in [-0.3, -0.25) is 0 Å².